The maximum Gasteiger partial charge on any atom is 0.253 e. The molecule has 2 saturated heterocycles. The van der Waals surface area contributed by atoms with Gasteiger partial charge in [-0.1, -0.05) is 11.6 Å². The highest BCUT2D eigenvalue weighted by Crippen LogP contribution is 2.53. The number of carbonyl (C=O) groups is 2. The molecule has 32 heavy (non-hydrogen) atoms. The highest BCUT2D eigenvalue weighted by molar-refractivity contribution is 6.30. The van der Waals surface area contributed by atoms with Crippen molar-refractivity contribution in [1.29, 1.82) is 0 Å². The third-order valence-electron chi connectivity index (χ3n) is 6.94. The van der Waals surface area contributed by atoms with Gasteiger partial charge in [-0.25, -0.2) is 0 Å². The predicted octanol–water partition coefficient (Wildman–Crippen LogP) is 4.83. The third kappa shape index (κ3) is 3.86. The van der Waals surface area contributed by atoms with E-state index in [-0.39, 0.29) is 29.4 Å². The minimum absolute atomic E-state index is 0.00484. The molecule has 3 aliphatic rings. The average Bonchev–Trinajstić information content (AvgIpc) is 2.80. The molecule has 0 aliphatic carbocycles. The number of nitrogens with zero attached hydrogens (tertiary/aromatic N) is 1. The lowest BCUT2D eigenvalue weighted by Gasteiger charge is -2.53. The van der Waals surface area contributed by atoms with E-state index < -0.39 is 0 Å². The van der Waals surface area contributed by atoms with Gasteiger partial charge in [-0.3, -0.25) is 9.59 Å². The van der Waals surface area contributed by atoms with Gasteiger partial charge in [0.25, 0.3) is 5.91 Å². The van der Waals surface area contributed by atoms with Crippen LogP contribution in [0.1, 0.15) is 54.6 Å². The molecule has 1 spiro atoms. The summed E-state index contributed by atoms with van der Waals surface area (Å²) < 4.78 is 12.9. The fourth-order valence-corrected chi connectivity index (χ4v) is 5.58. The van der Waals surface area contributed by atoms with E-state index in [0.717, 1.165) is 43.6 Å². The summed E-state index contributed by atoms with van der Waals surface area (Å²) in [7, 11) is 0. The molecule has 0 unspecified atom stereocenters. The number of fused-ring (bicyclic) bond motifs is 4. The fraction of sp³-hybridized carbons (Fsp3) is 0.440. The summed E-state index contributed by atoms with van der Waals surface area (Å²) in [6.45, 7) is 3.49. The SMILES string of the molecule is CC(=O)Nc1ccc(C(=O)N2CCC3(CC2)Oc2ccc(Cl)cc2[C@H]2OCCC[C@@H]23)cc1. The summed E-state index contributed by atoms with van der Waals surface area (Å²) in [6, 6.07) is 12.8. The van der Waals surface area contributed by atoms with E-state index in [1.807, 2.05) is 23.1 Å². The van der Waals surface area contributed by atoms with Gasteiger partial charge in [-0.2, -0.15) is 0 Å². The lowest BCUT2D eigenvalue weighted by molar-refractivity contribution is -0.147. The van der Waals surface area contributed by atoms with Crippen molar-refractivity contribution in [3.63, 3.8) is 0 Å². The molecule has 1 N–H and O–H groups in total. The highest BCUT2D eigenvalue weighted by atomic mass is 35.5. The van der Waals surface area contributed by atoms with E-state index >= 15 is 0 Å². The van der Waals surface area contributed by atoms with E-state index in [1.165, 1.54) is 6.92 Å². The van der Waals surface area contributed by atoms with Gasteiger partial charge in [0.15, 0.2) is 0 Å². The molecular formula is C25H27ClN2O4. The van der Waals surface area contributed by atoms with Crippen LogP contribution < -0.4 is 10.1 Å². The van der Waals surface area contributed by atoms with Crippen LogP contribution in [0.15, 0.2) is 42.5 Å². The van der Waals surface area contributed by atoms with Gasteiger partial charge < -0.3 is 19.7 Å². The lowest BCUT2D eigenvalue weighted by Crippen LogP contribution is -2.57. The first-order valence-electron chi connectivity index (χ1n) is 11.2. The molecule has 2 aromatic rings. The Morgan fingerprint density at radius 3 is 2.59 bits per heavy atom. The number of hydrogen-bond donors (Lipinski definition) is 1. The Bertz CT molecular complexity index is 1030. The van der Waals surface area contributed by atoms with Crippen molar-refractivity contribution in [2.75, 3.05) is 25.0 Å². The normalized spacial score (nSPS) is 23.6. The molecule has 7 heteroatoms. The Morgan fingerprint density at radius 1 is 1.12 bits per heavy atom. The molecule has 0 bridgehead atoms. The number of piperidine rings is 1. The van der Waals surface area contributed by atoms with Gasteiger partial charge in [0.1, 0.15) is 11.4 Å². The number of nitrogens with one attached hydrogen (secondary N) is 1. The quantitative estimate of drug-likeness (QED) is 0.705. The van der Waals surface area contributed by atoms with E-state index in [0.29, 0.717) is 29.4 Å². The van der Waals surface area contributed by atoms with Gasteiger partial charge in [0, 0.05) is 67.2 Å². The summed E-state index contributed by atoms with van der Waals surface area (Å²) in [5.74, 6) is 0.989. The summed E-state index contributed by atoms with van der Waals surface area (Å²) in [6.07, 6.45) is 3.61. The van der Waals surface area contributed by atoms with Crippen LogP contribution in [0.3, 0.4) is 0 Å². The molecule has 2 amide bonds. The second-order valence-corrected chi connectivity index (χ2v) is 9.38. The maximum atomic E-state index is 13.1. The number of benzene rings is 2. The van der Waals surface area contributed by atoms with Crippen molar-refractivity contribution >= 4 is 29.1 Å². The first-order valence-corrected chi connectivity index (χ1v) is 11.6. The molecule has 0 aromatic heterocycles. The van der Waals surface area contributed by atoms with Crippen molar-refractivity contribution in [3.05, 3.63) is 58.6 Å². The largest absolute Gasteiger partial charge is 0.486 e. The fourth-order valence-electron chi connectivity index (χ4n) is 5.40. The average molecular weight is 455 g/mol. The zero-order valence-electron chi connectivity index (χ0n) is 18.1. The van der Waals surface area contributed by atoms with Crippen LogP contribution in [0.5, 0.6) is 5.75 Å². The van der Waals surface area contributed by atoms with Crippen LogP contribution >= 0.6 is 11.6 Å². The van der Waals surface area contributed by atoms with Gasteiger partial charge in [0.2, 0.25) is 5.91 Å². The Labute approximate surface area is 192 Å². The second-order valence-electron chi connectivity index (χ2n) is 8.94. The predicted molar refractivity (Wildman–Crippen MR) is 122 cm³/mol. The zero-order chi connectivity index (χ0) is 22.3. The Morgan fingerprint density at radius 2 is 1.88 bits per heavy atom. The first kappa shape index (κ1) is 21.3. The molecule has 5 rings (SSSR count). The van der Waals surface area contributed by atoms with E-state index in [9.17, 15) is 9.59 Å². The Kier molecular flexibility index (Phi) is 5.59. The number of ether oxygens (including phenoxy) is 2. The number of carbonyl (C=O) groups excluding carboxylic acids is 2. The van der Waals surface area contributed by atoms with Crippen LogP contribution in [-0.4, -0.2) is 42.0 Å². The molecule has 6 nitrogen and oxygen atoms in total. The van der Waals surface area contributed by atoms with Gasteiger partial charge in [-0.05, 0) is 55.3 Å². The molecule has 3 heterocycles. The third-order valence-corrected chi connectivity index (χ3v) is 7.17. The first-order chi connectivity index (χ1) is 15.4. The Balaban J connectivity index is 1.32. The minimum atomic E-state index is -0.321. The highest BCUT2D eigenvalue weighted by Gasteiger charge is 2.52. The van der Waals surface area contributed by atoms with Crippen molar-refractivity contribution in [2.24, 2.45) is 5.92 Å². The monoisotopic (exact) mass is 454 g/mol. The zero-order valence-corrected chi connectivity index (χ0v) is 18.9. The second kappa shape index (κ2) is 8.41. The van der Waals surface area contributed by atoms with E-state index in [4.69, 9.17) is 21.1 Å². The molecule has 3 aliphatic heterocycles. The van der Waals surface area contributed by atoms with Crippen LogP contribution in [0.25, 0.3) is 0 Å². The number of likely N-dealkylation sites (tertiary alicyclic amines) is 1. The summed E-state index contributed by atoms with van der Waals surface area (Å²) in [5.41, 5.74) is 2.03. The molecule has 168 valence electrons. The number of amides is 2. The van der Waals surface area contributed by atoms with Crippen molar-refractivity contribution in [2.45, 2.75) is 44.3 Å². The molecule has 0 radical (unpaired) electrons. The van der Waals surface area contributed by atoms with Gasteiger partial charge in [0.05, 0.1) is 6.10 Å². The number of rotatable bonds is 2. The molecule has 0 saturated carbocycles. The summed E-state index contributed by atoms with van der Waals surface area (Å²) >= 11 is 6.26. The molecule has 2 aromatic carbocycles. The van der Waals surface area contributed by atoms with Crippen molar-refractivity contribution < 1.29 is 19.1 Å². The van der Waals surface area contributed by atoms with Crippen LogP contribution in [0, 0.1) is 5.92 Å². The van der Waals surface area contributed by atoms with Crippen LogP contribution in [-0.2, 0) is 9.53 Å². The number of halogens is 1. The summed E-state index contributed by atoms with van der Waals surface area (Å²) in [5, 5.41) is 3.42. The standard InChI is InChI=1S/C25H27ClN2O4/c1-16(29)27-19-7-4-17(5-8-19)24(30)28-12-10-25(11-13-28)21-3-2-14-31-23(21)20-15-18(26)6-9-22(20)32-25/h4-9,15,21,23H,2-3,10-14H2,1H3,(H,27,29)/t21-,23+/m0/s1. The van der Waals surface area contributed by atoms with Gasteiger partial charge >= 0.3 is 0 Å². The minimum Gasteiger partial charge on any atom is -0.486 e. The lowest BCUT2D eigenvalue weighted by atomic mass is 9.70. The van der Waals surface area contributed by atoms with E-state index in [1.54, 1.807) is 24.3 Å². The van der Waals surface area contributed by atoms with Crippen LogP contribution in [0.2, 0.25) is 5.02 Å². The maximum absolute atomic E-state index is 13.1. The number of anilines is 1. The van der Waals surface area contributed by atoms with Crippen molar-refractivity contribution in [3.8, 4) is 5.75 Å². The topological polar surface area (TPSA) is 67.9 Å². The van der Waals surface area contributed by atoms with E-state index in [2.05, 4.69) is 5.32 Å². The van der Waals surface area contributed by atoms with Gasteiger partial charge in [-0.15, -0.1) is 0 Å². The van der Waals surface area contributed by atoms with Crippen LogP contribution in [0.4, 0.5) is 5.69 Å². The summed E-state index contributed by atoms with van der Waals surface area (Å²) in [4.78, 5) is 26.2. The molecular weight excluding hydrogens is 428 g/mol. The molecule has 2 fully saturated rings. The van der Waals surface area contributed by atoms with Crippen molar-refractivity contribution in [1.82, 2.24) is 4.90 Å². The Hall–Kier alpha value is -2.57. The smallest absolute Gasteiger partial charge is 0.253 e. The molecule has 2 atom stereocenters. The number of hydrogen-bond acceptors (Lipinski definition) is 4.